The number of aromatic hydroxyl groups is 1. The Morgan fingerprint density at radius 2 is 2.12 bits per heavy atom. The molecule has 0 atom stereocenters. The second kappa shape index (κ2) is 6.25. The molecular weight excluding hydrogens is 352 g/mol. The van der Waals surface area contributed by atoms with Gasteiger partial charge in [-0.25, -0.2) is 0 Å². The lowest BCUT2D eigenvalue weighted by Gasteiger charge is -2.05. The van der Waals surface area contributed by atoms with Crippen molar-refractivity contribution in [3.8, 4) is 16.3 Å². The first kappa shape index (κ1) is 17.0. The molecule has 0 aliphatic carbocycles. The molecule has 0 aliphatic heterocycles. The van der Waals surface area contributed by atoms with Gasteiger partial charge in [-0.3, -0.25) is 9.78 Å². The molecular formula is C16H13F2N3O3S. The third-order valence-electron chi connectivity index (χ3n) is 3.43. The summed E-state index contributed by atoms with van der Waals surface area (Å²) >= 11 is 1.08. The van der Waals surface area contributed by atoms with Crippen molar-refractivity contribution in [3.05, 3.63) is 46.8 Å². The van der Waals surface area contributed by atoms with Gasteiger partial charge in [-0.05, 0) is 25.1 Å². The molecule has 0 radical (unpaired) electrons. The van der Waals surface area contributed by atoms with E-state index in [4.69, 9.17) is 4.52 Å². The molecule has 9 heteroatoms. The van der Waals surface area contributed by atoms with E-state index in [2.05, 4.69) is 15.5 Å². The number of thiophene rings is 1. The summed E-state index contributed by atoms with van der Waals surface area (Å²) in [7, 11) is 0. The van der Waals surface area contributed by atoms with Crippen molar-refractivity contribution < 1.29 is 23.2 Å². The monoisotopic (exact) mass is 365 g/mol. The van der Waals surface area contributed by atoms with Gasteiger partial charge in [0.05, 0.1) is 21.6 Å². The quantitative estimate of drug-likeness (QED) is 0.724. The van der Waals surface area contributed by atoms with Crippen LogP contribution in [0.5, 0.6) is 5.75 Å². The van der Waals surface area contributed by atoms with Crippen molar-refractivity contribution in [2.45, 2.75) is 19.8 Å². The summed E-state index contributed by atoms with van der Waals surface area (Å²) in [6.07, 6.45) is 2.64. The molecule has 6 nitrogen and oxygen atoms in total. The Morgan fingerprint density at radius 1 is 1.36 bits per heavy atom. The number of halogens is 2. The van der Waals surface area contributed by atoms with Crippen molar-refractivity contribution in [2.75, 3.05) is 5.32 Å². The normalized spacial score (nSPS) is 11.5. The smallest absolute Gasteiger partial charge is 0.304 e. The van der Waals surface area contributed by atoms with Crippen molar-refractivity contribution in [1.82, 2.24) is 10.1 Å². The Morgan fingerprint density at radius 3 is 2.76 bits per heavy atom. The third-order valence-corrected chi connectivity index (χ3v) is 4.52. The fourth-order valence-electron chi connectivity index (χ4n) is 2.24. The third kappa shape index (κ3) is 3.36. The van der Waals surface area contributed by atoms with Crippen LogP contribution in [-0.2, 0) is 5.92 Å². The summed E-state index contributed by atoms with van der Waals surface area (Å²) in [5.41, 5.74) is 0.723. The number of aromatic nitrogens is 2. The van der Waals surface area contributed by atoms with Crippen molar-refractivity contribution in [1.29, 1.82) is 0 Å². The number of rotatable bonds is 4. The van der Waals surface area contributed by atoms with Gasteiger partial charge in [0.1, 0.15) is 5.69 Å². The minimum atomic E-state index is -3.13. The topological polar surface area (TPSA) is 88.2 Å². The average molecular weight is 365 g/mol. The number of nitrogens with zero attached hydrogens (tertiary/aromatic N) is 2. The first-order valence-electron chi connectivity index (χ1n) is 7.16. The summed E-state index contributed by atoms with van der Waals surface area (Å²) in [5.74, 6) is -4.23. The maximum absolute atomic E-state index is 13.4. The molecule has 1 amide bonds. The summed E-state index contributed by atoms with van der Waals surface area (Å²) in [6, 6.07) is 4.61. The number of pyridine rings is 1. The molecule has 0 aromatic carbocycles. The summed E-state index contributed by atoms with van der Waals surface area (Å²) in [4.78, 5) is 16.8. The van der Waals surface area contributed by atoms with Gasteiger partial charge in [0, 0.05) is 18.7 Å². The lowest BCUT2D eigenvalue weighted by Crippen LogP contribution is -2.10. The molecule has 3 heterocycles. The predicted octanol–water partition coefficient (Wildman–Crippen LogP) is 4.18. The highest BCUT2D eigenvalue weighted by molar-refractivity contribution is 7.17. The second-order valence-corrected chi connectivity index (χ2v) is 6.47. The predicted molar refractivity (Wildman–Crippen MR) is 88.0 cm³/mol. The zero-order valence-electron chi connectivity index (χ0n) is 13.2. The highest BCUT2D eigenvalue weighted by Gasteiger charge is 2.33. The van der Waals surface area contributed by atoms with Gasteiger partial charge in [0.25, 0.3) is 5.91 Å². The van der Waals surface area contributed by atoms with Crippen LogP contribution in [0.1, 0.15) is 27.9 Å². The van der Waals surface area contributed by atoms with Crippen LogP contribution < -0.4 is 5.32 Å². The van der Waals surface area contributed by atoms with E-state index in [1.165, 1.54) is 25.4 Å². The molecule has 130 valence electrons. The van der Waals surface area contributed by atoms with Gasteiger partial charge in [-0.1, -0.05) is 5.16 Å². The van der Waals surface area contributed by atoms with E-state index in [1.54, 1.807) is 12.1 Å². The van der Waals surface area contributed by atoms with Gasteiger partial charge in [0.2, 0.25) is 5.76 Å². The van der Waals surface area contributed by atoms with E-state index in [0.29, 0.717) is 9.75 Å². The van der Waals surface area contributed by atoms with Crippen LogP contribution in [0.25, 0.3) is 10.6 Å². The summed E-state index contributed by atoms with van der Waals surface area (Å²) in [6.45, 7) is 2.23. The van der Waals surface area contributed by atoms with Gasteiger partial charge in [-0.15, -0.1) is 11.3 Å². The first-order chi connectivity index (χ1) is 11.8. The number of alkyl halides is 2. The van der Waals surface area contributed by atoms with Crippen LogP contribution in [-0.4, -0.2) is 21.2 Å². The van der Waals surface area contributed by atoms with Crippen LogP contribution in [0.4, 0.5) is 14.5 Å². The molecule has 25 heavy (non-hydrogen) atoms. The maximum Gasteiger partial charge on any atom is 0.304 e. The number of nitrogens with one attached hydrogen (secondary N) is 1. The highest BCUT2D eigenvalue weighted by Crippen LogP contribution is 2.37. The number of anilines is 1. The van der Waals surface area contributed by atoms with E-state index < -0.39 is 17.6 Å². The second-order valence-electron chi connectivity index (χ2n) is 5.38. The molecule has 0 saturated carbocycles. The molecule has 0 spiro atoms. The van der Waals surface area contributed by atoms with Crippen molar-refractivity contribution >= 4 is 22.9 Å². The first-order valence-corrected chi connectivity index (χ1v) is 7.98. The van der Waals surface area contributed by atoms with E-state index in [1.807, 2.05) is 0 Å². The van der Waals surface area contributed by atoms with Crippen molar-refractivity contribution in [2.24, 2.45) is 0 Å². The largest absolute Gasteiger partial charge is 0.504 e. The van der Waals surface area contributed by atoms with Crippen LogP contribution in [0.2, 0.25) is 0 Å². The minimum Gasteiger partial charge on any atom is -0.504 e. The van der Waals surface area contributed by atoms with Crippen LogP contribution >= 0.6 is 11.3 Å². The van der Waals surface area contributed by atoms with Crippen LogP contribution in [0.15, 0.2) is 35.1 Å². The minimum absolute atomic E-state index is 0.158. The highest BCUT2D eigenvalue weighted by atomic mass is 32.1. The van der Waals surface area contributed by atoms with E-state index in [9.17, 15) is 18.7 Å². The Bertz CT molecular complexity index is 931. The molecule has 0 saturated heterocycles. The van der Waals surface area contributed by atoms with E-state index in [-0.39, 0.29) is 22.7 Å². The van der Waals surface area contributed by atoms with Crippen LogP contribution in [0, 0.1) is 6.92 Å². The number of hydrogen-bond donors (Lipinski definition) is 2. The molecule has 0 aliphatic rings. The SMILES string of the molecule is Cc1c(-c2ccc(C(=O)Nc3ccncc3O)s2)noc1C(C)(F)F. The van der Waals surface area contributed by atoms with E-state index >= 15 is 0 Å². The Kier molecular flexibility index (Phi) is 4.25. The molecule has 0 bridgehead atoms. The van der Waals surface area contributed by atoms with Gasteiger partial charge >= 0.3 is 5.92 Å². The molecule has 3 rings (SSSR count). The number of hydrogen-bond acceptors (Lipinski definition) is 6. The lowest BCUT2D eigenvalue weighted by atomic mass is 10.1. The number of amides is 1. The molecule has 0 unspecified atom stereocenters. The zero-order valence-corrected chi connectivity index (χ0v) is 14.0. The lowest BCUT2D eigenvalue weighted by molar-refractivity contribution is -0.0112. The fourth-order valence-corrected chi connectivity index (χ4v) is 3.18. The Labute approximate surface area is 145 Å². The zero-order chi connectivity index (χ0) is 18.2. The standard InChI is InChI=1S/C16H13F2N3O3S/c1-8-13(21-24-14(8)16(2,17)18)11-3-4-12(25-11)15(23)20-9-5-6-19-7-10(9)22/h3-7,22H,1-2H3,(H,19,20,23). The Balaban J connectivity index is 1.85. The average Bonchev–Trinajstić information content (AvgIpc) is 3.15. The summed E-state index contributed by atoms with van der Waals surface area (Å²) < 4.78 is 31.6. The molecule has 2 N–H and O–H groups in total. The number of carbonyl (C=O) groups is 1. The fraction of sp³-hybridized carbons (Fsp3) is 0.188. The molecule has 3 aromatic heterocycles. The van der Waals surface area contributed by atoms with Gasteiger partial charge in [0.15, 0.2) is 5.75 Å². The van der Waals surface area contributed by atoms with Crippen molar-refractivity contribution in [3.63, 3.8) is 0 Å². The van der Waals surface area contributed by atoms with Gasteiger partial charge < -0.3 is 14.9 Å². The molecule has 0 fully saturated rings. The van der Waals surface area contributed by atoms with Gasteiger partial charge in [-0.2, -0.15) is 8.78 Å². The number of carbonyl (C=O) groups excluding carboxylic acids is 1. The van der Waals surface area contributed by atoms with Crippen LogP contribution in [0.3, 0.4) is 0 Å². The molecule has 3 aromatic rings. The maximum atomic E-state index is 13.4. The summed E-state index contributed by atoms with van der Waals surface area (Å²) in [5, 5.41) is 15.9. The van der Waals surface area contributed by atoms with E-state index in [0.717, 1.165) is 18.3 Å². The Hall–Kier alpha value is -2.81.